The molecule has 0 amide bonds. The average Bonchev–Trinajstić information content (AvgIpc) is 2.77. The summed E-state index contributed by atoms with van der Waals surface area (Å²) >= 11 is 5.08. The summed E-state index contributed by atoms with van der Waals surface area (Å²) in [6.45, 7) is 2.84. The lowest BCUT2D eigenvalue weighted by Gasteiger charge is -2.14. The van der Waals surface area contributed by atoms with Crippen LogP contribution in [0.4, 0.5) is 5.69 Å². The summed E-state index contributed by atoms with van der Waals surface area (Å²) in [6, 6.07) is 5.96. The van der Waals surface area contributed by atoms with Crippen molar-refractivity contribution in [1.82, 2.24) is 9.55 Å². The third-order valence-electron chi connectivity index (χ3n) is 3.11. The first-order valence-corrected chi connectivity index (χ1v) is 6.60. The van der Waals surface area contributed by atoms with Gasteiger partial charge in [0.05, 0.1) is 0 Å². The normalized spacial score (nSPS) is 10.4. The minimum absolute atomic E-state index is 0.420. The zero-order valence-corrected chi connectivity index (χ0v) is 12.0. The van der Waals surface area contributed by atoms with Crippen LogP contribution in [0, 0.1) is 6.92 Å². The number of para-hydroxylation sites is 1. The van der Waals surface area contributed by atoms with Crippen LogP contribution in [0.15, 0.2) is 30.6 Å². The zero-order valence-electron chi connectivity index (χ0n) is 11.2. The van der Waals surface area contributed by atoms with Crippen molar-refractivity contribution < 1.29 is 0 Å². The van der Waals surface area contributed by atoms with Gasteiger partial charge in [-0.2, -0.15) is 0 Å². The number of aryl methyl sites for hydroxylation is 2. The van der Waals surface area contributed by atoms with Gasteiger partial charge in [0, 0.05) is 43.7 Å². The first-order chi connectivity index (χ1) is 9.09. The van der Waals surface area contributed by atoms with Gasteiger partial charge in [0.25, 0.3) is 0 Å². The van der Waals surface area contributed by atoms with E-state index in [2.05, 4.69) is 10.3 Å². The van der Waals surface area contributed by atoms with Crippen LogP contribution < -0.4 is 11.1 Å². The molecule has 5 heteroatoms. The number of hydrogen-bond donors (Lipinski definition) is 2. The maximum absolute atomic E-state index is 5.75. The van der Waals surface area contributed by atoms with Crippen LogP contribution in [-0.4, -0.2) is 21.1 Å². The van der Waals surface area contributed by atoms with Gasteiger partial charge >= 0.3 is 0 Å². The van der Waals surface area contributed by atoms with Crippen molar-refractivity contribution in [3.05, 3.63) is 47.5 Å². The Balaban J connectivity index is 2.07. The molecule has 1 heterocycles. The lowest BCUT2D eigenvalue weighted by molar-refractivity contribution is 0.789. The van der Waals surface area contributed by atoms with Crippen molar-refractivity contribution >= 4 is 22.9 Å². The molecule has 0 radical (unpaired) electrons. The van der Waals surface area contributed by atoms with Crippen molar-refractivity contribution in [2.24, 2.45) is 12.8 Å². The molecule has 0 aliphatic heterocycles. The van der Waals surface area contributed by atoms with E-state index in [1.165, 1.54) is 0 Å². The predicted molar refractivity (Wildman–Crippen MR) is 82.5 cm³/mol. The van der Waals surface area contributed by atoms with Crippen molar-refractivity contribution in [3.63, 3.8) is 0 Å². The highest BCUT2D eigenvalue weighted by atomic mass is 32.1. The van der Waals surface area contributed by atoms with E-state index in [1.807, 2.05) is 49.1 Å². The highest BCUT2D eigenvalue weighted by molar-refractivity contribution is 7.80. The molecule has 4 nitrogen and oxygen atoms in total. The lowest BCUT2D eigenvalue weighted by atomic mass is 10.1. The molecule has 2 aromatic rings. The van der Waals surface area contributed by atoms with Gasteiger partial charge in [0.15, 0.2) is 0 Å². The first kappa shape index (κ1) is 13.5. The molecule has 0 aliphatic rings. The molecule has 0 bridgehead atoms. The second-order valence-electron chi connectivity index (χ2n) is 4.49. The fourth-order valence-corrected chi connectivity index (χ4v) is 2.21. The van der Waals surface area contributed by atoms with Crippen molar-refractivity contribution in [2.75, 3.05) is 11.9 Å². The maximum atomic E-state index is 5.75. The summed E-state index contributed by atoms with van der Waals surface area (Å²) in [5, 5.41) is 3.41. The molecule has 100 valence electrons. The van der Waals surface area contributed by atoms with Gasteiger partial charge in [0.2, 0.25) is 0 Å². The van der Waals surface area contributed by atoms with E-state index in [0.29, 0.717) is 4.99 Å². The summed E-state index contributed by atoms with van der Waals surface area (Å²) < 4.78 is 2.02. The van der Waals surface area contributed by atoms with Crippen LogP contribution >= 0.6 is 12.2 Å². The Morgan fingerprint density at radius 1 is 1.47 bits per heavy atom. The summed E-state index contributed by atoms with van der Waals surface area (Å²) in [6.07, 6.45) is 4.61. The minimum Gasteiger partial charge on any atom is -0.389 e. The number of nitrogens with two attached hydrogens (primary N) is 1. The molecular formula is C14H18N4S. The molecule has 0 saturated carbocycles. The molecule has 0 fully saturated rings. The van der Waals surface area contributed by atoms with E-state index in [4.69, 9.17) is 18.0 Å². The topological polar surface area (TPSA) is 55.9 Å². The highest BCUT2D eigenvalue weighted by Crippen LogP contribution is 2.20. The van der Waals surface area contributed by atoms with Gasteiger partial charge in [-0.25, -0.2) is 4.98 Å². The standard InChI is InChI=1S/C14H18N4S/c1-10-4-3-5-11(14(15)19)13(10)17-7-6-12-16-8-9-18(12)2/h3-5,8-9,17H,6-7H2,1-2H3,(H2,15,19). The monoisotopic (exact) mass is 274 g/mol. The van der Waals surface area contributed by atoms with Crippen LogP contribution in [-0.2, 0) is 13.5 Å². The Morgan fingerprint density at radius 2 is 2.26 bits per heavy atom. The van der Waals surface area contributed by atoms with Crippen molar-refractivity contribution in [2.45, 2.75) is 13.3 Å². The zero-order chi connectivity index (χ0) is 13.8. The molecular weight excluding hydrogens is 256 g/mol. The van der Waals surface area contributed by atoms with Crippen LogP contribution in [0.5, 0.6) is 0 Å². The third kappa shape index (κ3) is 3.12. The fraction of sp³-hybridized carbons (Fsp3) is 0.286. The molecule has 0 spiro atoms. The molecule has 3 N–H and O–H groups in total. The van der Waals surface area contributed by atoms with Crippen molar-refractivity contribution in [1.29, 1.82) is 0 Å². The van der Waals surface area contributed by atoms with Gasteiger partial charge < -0.3 is 15.6 Å². The fourth-order valence-electron chi connectivity index (χ4n) is 2.04. The number of imidazole rings is 1. The Morgan fingerprint density at radius 3 is 2.89 bits per heavy atom. The molecule has 0 aliphatic carbocycles. The Labute approximate surface area is 118 Å². The van der Waals surface area contributed by atoms with Crippen molar-refractivity contribution in [3.8, 4) is 0 Å². The maximum Gasteiger partial charge on any atom is 0.110 e. The Bertz CT molecular complexity index is 589. The van der Waals surface area contributed by atoms with Gasteiger partial charge in [0.1, 0.15) is 10.8 Å². The van der Waals surface area contributed by atoms with Gasteiger partial charge in [-0.05, 0) is 18.6 Å². The van der Waals surface area contributed by atoms with Crippen LogP contribution in [0.25, 0.3) is 0 Å². The Kier molecular flexibility index (Phi) is 4.16. The summed E-state index contributed by atoms with van der Waals surface area (Å²) in [4.78, 5) is 4.72. The van der Waals surface area contributed by atoms with Gasteiger partial charge in [-0.3, -0.25) is 0 Å². The van der Waals surface area contributed by atoms with Gasteiger partial charge in [-0.1, -0.05) is 24.4 Å². The number of nitrogens with one attached hydrogen (secondary N) is 1. The smallest absolute Gasteiger partial charge is 0.110 e. The summed E-state index contributed by atoms with van der Waals surface area (Å²) in [5.41, 5.74) is 8.81. The summed E-state index contributed by atoms with van der Waals surface area (Å²) in [5.74, 6) is 1.05. The second-order valence-corrected chi connectivity index (χ2v) is 4.93. The average molecular weight is 274 g/mol. The third-order valence-corrected chi connectivity index (χ3v) is 3.33. The number of benzene rings is 1. The SMILES string of the molecule is Cc1cccc(C(N)=S)c1NCCc1nccn1C. The van der Waals surface area contributed by atoms with E-state index in [1.54, 1.807) is 0 Å². The van der Waals surface area contributed by atoms with E-state index in [-0.39, 0.29) is 0 Å². The number of nitrogens with zero attached hydrogens (tertiary/aromatic N) is 2. The molecule has 0 saturated heterocycles. The van der Waals surface area contributed by atoms with E-state index in [0.717, 1.165) is 35.6 Å². The lowest BCUT2D eigenvalue weighted by Crippen LogP contribution is -2.16. The van der Waals surface area contributed by atoms with E-state index < -0.39 is 0 Å². The number of rotatable bonds is 5. The molecule has 1 aromatic carbocycles. The predicted octanol–water partition coefficient (Wildman–Crippen LogP) is 2.02. The Hall–Kier alpha value is -1.88. The van der Waals surface area contributed by atoms with Crippen LogP contribution in [0.3, 0.4) is 0 Å². The largest absolute Gasteiger partial charge is 0.389 e. The second kappa shape index (κ2) is 5.84. The number of anilines is 1. The molecule has 0 atom stereocenters. The molecule has 2 rings (SSSR count). The highest BCUT2D eigenvalue weighted by Gasteiger charge is 2.07. The number of hydrogen-bond acceptors (Lipinski definition) is 3. The van der Waals surface area contributed by atoms with Gasteiger partial charge in [-0.15, -0.1) is 0 Å². The first-order valence-electron chi connectivity index (χ1n) is 6.19. The quantitative estimate of drug-likeness (QED) is 0.819. The van der Waals surface area contributed by atoms with Crippen LogP contribution in [0.2, 0.25) is 0 Å². The van der Waals surface area contributed by atoms with Crippen LogP contribution in [0.1, 0.15) is 17.0 Å². The van der Waals surface area contributed by atoms with E-state index in [9.17, 15) is 0 Å². The minimum atomic E-state index is 0.420. The molecule has 1 aromatic heterocycles. The molecule has 0 unspecified atom stereocenters. The van der Waals surface area contributed by atoms with E-state index >= 15 is 0 Å². The summed E-state index contributed by atoms with van der Waals surface area (Å²) in [7, 11) is 2.00. The number of thiocarbonyl (C=S) groups is 1. The molecule has 19 heavy (non-hydrogen) atoms. The number of aromatic nitrogens is 2.